The maximum atomic E-state index is 9.14. The summed E-state index contributed by atoms with van der Waals surface area (Å²) in [5, 5.41) is 9.14. The van der Waals surface area contributed by atoms with E-state index >= 15 is 0 Å². The summed E-state index contributed by atoms with van der Waals surface area (Å²) in [5.41, 5.74) is 9.59. The Kier molecular flexibility index (Phi) is 2.34. The maximum Gasteiger partial charge on any atom is 0.0684 e. The number of rotatable bonds is 1. The first-order valence-corrected chi connectivity index (χ1v) is 4.77. The van der Waals surface area contributed by atoms with E-state index in [1.807, 2.05) is 12.1 Å². The van der Waals surface area contributed by atoms with Gasteiger partial charge in [-0.15, -0.1) is 0 Å². The normalized spacial score (nSPS) is 21.2. The van der Waals surface area contributed by atoms with Crippen molar-refractivity contribution in [1.29, 1.82) is 0 Å². The highest BCUT2D eigenvalue weighted by molar-refractivity contribution is 5.37. The molecule has 0 bridgehead atoms. The third-order valence-electron chi connectivity index (χ3n) is 2.79. The summed E-state index contributed by atoms with van der Waals surface area (Å²) < 4.78 is 0. The van der Waals surface area contributed by atoms with Crippen LogP contribution >= 0.6 is 0 Å². The van der Waals surface area contributed by atoms with Crippen molar-refractivity contribution in [2.75, 3.05) is 0 Å². The van der Waals surface area contributed by atoms with Gasteiger partial charge in [0.15, 0.2) is 0 Å². The Hall–Kier alpha value is -0.860. The van der Waals surface area contributed by atoms with E-state index in [9.17, 15) is 0 Å². The molecule has 0 amide bonds. The van der Waals surface area contributed by atoms with Crippen molar-refractivity contribution in [3.63, 3.8) is 0 Å². The smallest absolute Gasteiger partial charge is 0.0684 e. The molecule has 1 aliphatic rings. The summed E-state index contributed by atoms with van der Waals surface area (Å²) in [6.07, 6.45) is 3.05. The maximum absolute atomic E-state index is 9.14. The van der Waals surface area contributed by atoms with Gasteiger partial charge in [0.1, 0.15) is 0 Å². The van der Waals surface area contributed by atoms with Gasteiger partial charge in [0.25, 0.3) is 0 Å². The average Bonchev–Trinajstić information content (AvgIpc) is 2.17. The van der Waals surface area contributed by atoms with E-state index < -0.39 is 0 Å². The molecule has 0 heterocycles. The van der Waals surface area contributed by atoms with Gasteiger partial charge >= 0.3 is 0 Å². The van der Waals surface area contributed by atoms with Crippen molar-refractivity contribution in [2.45, 2.75) is 31.9 Å². The quantitative estimate of drug-likeness (QED) is 0.672. The fourth-order valence-corrected chi connectivity index (χ4v) is 2.04. The summed E-state index contributed by atoms with van der Waals surface area (Å²) in [6, 6.07) is 6.42. The highest BCUT2D eigenvalue weighted by Crippen LogP contribution is 2.23. The molecule has 3 N–H and O–H groups in total. The Morgan fingerprint density at radius 3 is 3.08 bits per heavy atom. The lowest BCUT2D eigenvalue weighted by molar-refractivity contribution is 0.279. The number of benzene rings is 1. The van der Waals surface area contributed by atoms with E-state index in [1.165, 1.54) is 11.1 Å². The van der Waals surface area contributed by atoms with E-state index in [-0.39, 0.29) is 12.6 Å². The molecule has 1 aliphatic carbocycles. The molecule has 0 fully saturated rings. The number of aliphatic hydroxyl groups is 1. The molecule has 0 saturated carbocycles. The van der Waals surface area contributed by atoms with Crippen LogP contribution in [-0.2, 0) is 19.4 Å². The second kappa shape index (κ2) is 3.48. The number of aryl methyl sites for hydroxylation is 1. The van der Waals surface area contributed by atoms with Gasteiger partial charge in [-0.25, -0.2) is 0 Å². The SMILES string of the molecule is N[C@H]1CCc2cccc(CO)c2C1. The number of hydrogen-bond acceptors (Lipinski definition) is 2. The van der Waals surface area contributed by atoms with Gasteiger partial charge in [0.2, 0.25) is 0 Å². The van der Waals surface area contributed by atoms with Gasteiger partial charge < -0.3 is 10.8 Å². The highest BCUT2D eigenvalue weighted by atomic mass is 16.3. The fraction of sp³-hybridized carbons (Fsp3) is 0.455. The lowest BCUT2D eigenvalue weighted by atomic mass is 9.86. The average molecular weight is 177 g/mol. The summed E-state index contributed by atoms with van der Waals surface area (Å²) in [4.78, 5) is 0. The molecular weight excluding hydrogens is 162 g/mol. The molecule has 0 spiro atoms. The summed E-state index contributed by atoms with van der Waals surface area (Å²) in [5.74, 6) is 0. The minimum atomic E-state index is 0.135. The van der Waals surface area contributed by atoms with Crippen LogP contribution in [0.15, 0.2) is 18.2 Å². The largest absolute Gasteiger partial charge is 0.392 e. The lowest BCUT2D eigenvalue weighted by Gasteiger charge is -2.23. The second-order valence-electron chi connectivity index (χ2n) is 3.72. The van der Waals surface area contributed by atoms with Gasteiger partial charge in [0.05, 0.1) is 6.61 Å². The monoisotopic (exact) mass is 177 g/mol. The van der Waals surface area contributed by atoms with Crippen molar-refractivity contribution in [2.24, 2.45) is 5.73 Å². The molecule has 1 atom stereocenters. The van der Waals surface area contributed by atoms with Gasteiger partial charge in [-0.1, -0.05) is 18.2 Å². The molecule has 2 nitrogen and oxygen atoms in total. The van der Waals surface area contributed by atoms with Crippen LogP contribution in [0.1, 0.15) is 23.1 Å². The Morgan fingerprint density at radius 1 is 1.46 bits per heavy atom. The zero-order valence-electron chi connectivity index (χ0n) is 7.66. The molecule has 0 aliphatic heterocycles. The van der Waals surface area contributed by atoms with Crippen molar-refractivity contribution >= 4 is 0 Å². The molecule has 2 heteroatoms. The van der Waals surface area contributed by atoms with Gasteiger partial charge in [-0.05, 0) is 36.0 Å². The fourth-order valence-electron chi connectivity index (χ4n) is 2.04. The number of fused-ring (bicyclic) bond motifs is 1. The van der Waals surface area contributed by atoms with Gasteiger partial charge in [-0.3, -0.25) is 0 Å². The van der Waals surface area contributed by atoms with Crippen LogP contribution in [0.2, 0.25) is 0 Å². The minimum Gasteiger partial charge on any atom is -0.392 e. The first-order chi connectivity index (χ1) is 6.31. The molecule has 1 aromatic rings. The Balaban J connectivity index is 2.41. The van der Waals surface area contributed by atoms with Crippen molar-refractivity contribution in [3.8, 4) is 0 Å². The predicted octanol–water partition coefficient (Wildman–Crippen LogP) is 0.995. The van der Waals surface area contributed by atoms with Crippen LogP contribution in [0.5, 0.6) is 0 Å². The van der Waals surface area contributed by atoms with E-state index in [1.54, 1.807) is 0 Å². The first kappa shape index (κ1) is 8.73. The van der Waals surface area contributed by atoms with Crippen molar-refractivity contribution in [1.82, 2.24) is 0 Å². The third-order valence-corrected chi connectivity index (χ3v) is 2.79. The lowest BCUT2D eigenvalue weighted by Crippen LogP contribution is -2.28. The second-order valence-corrected chi connectivity index (χ2v) is 3.72. The molecule has 1 aromatic carbocycles. The summed E-state index contributed by atoms with van der Waals surface area (Å²) in [6.45, 7) is 0.135. The molecule has 0 aromatic heterocycles. The van der Waals surface area contributed by atoms with Crippen LogP contribution in [0.3, 0.4) is 0 Å². The van der Waals surface area contributed by atoms with Gasteiger partial charge in [-0.2, -0.15) is 0 Å². The van der Waals surface area contributed by atoms with Crippen LogP contribution in [0.4, 0.5) is 0 Å². The zero-order chi connectivity index (χ0) is 9.26. The third kappa shape index (κ3) is 1.60. The number of nitrogens with two attached hydrogens (primary N) is 1. The van der Waals surface area contributed by atoms with Crippen molar-refractivity contribution in [3.05, 3.63) is 34.9 Å². The van der Waals surface area contributed by atoms with Gasteiger partial charge in [0, 0.05) is 6.04 Å². The summed E-state index contributed by atoms with van der Waals surface area (Å²) >= 11 is 0. The predicted molar refractivity (Wildman–Crippen MR) is 52.4 cm³/mol. The zero-order valence-corrected chi connectivity index (χ0v) is 7.66. The Labute approximate surface area is 78.4 Å². The molecule has 2 rings (SSSR count). The molecular formula is C11H15NO. The Morgan fingerprint density at radius 2 is 2.31 bits per heavy atom. The van der Waals surface area contributed by atoms with Crippen LogP contribution in [0.25, 0.3) is 0 Å². The molecule has 0 saturated heterocycles. The number of aliphatic hydroxyl groups excluding tert-OH is 1. The number of hydrogen-bond donors (Lipinski definition) is 2. The summed E-state index contributed by atoms with van der Waals surface area (Å²) in [7, 11) is 0. The van der Waals surface area contributed by atoms with Crippen LogP contribution in [0, 0.1) is 0 Å². The topological polar surface area (TPSA) is 46.2 Å². The van der Waals surface area contributed by atoms with E-state index in [2.05, 4.69) is 6.07 Å². The molecule has 0 unspecified atom stereocenters. The van der Waals surface area contributed by atoms with Crippen LogP contribution in [-0.4, -0.2) is 11.1 Å². The molecule has 70 valence electrons. The molecule has 0 radical (unpaired) electrons. The highest BCUT2D eigenvalue weighted by Gasteiger charge is 2.17. The Bertz CT molecular complexity index is 295. The standard InChI is InChI=1S/C11H15NO/c12-10-5-4-8-2-1-3-9(7-13)11(8)6-10/h1-3,10,13H,4-7,12H2/t10-/m0/s1. The molecule has 13 heavy (non-hydrogen) atoms. The first-order valence-electron chi connectivity index (χ1n) is 4.77. The van der Waals surface area contributed by atoms with E-state index in [0.29, 0.717) is 0 Å². The minimum absolute atomic E-state index is 0.135. The van der Waals surface area contributed by atoms with Crippen molar-refractivity contribution < 1.29 is 5.11 Å². The van der Waals surface area contributed by atoms with E-state index in [4.69, 9.17) is 10.8 Å². The van der Waals surface area contributed by atoms with Crippen LogP contribution < -0.4 is 5.73 Å². The van der Waals surface area contributed by atoms with E-state index in [0.717, 1.165) is 24.8 Å².